The second-order valence-corrected chi connectivity index (χ2v) is 4.71. The van der Waals surface area contributed by atoms with Crippen LogP contribution in [0.4, 0.5) is 8.78 Å². The minimum absolute atomic E-state index is 0.0218. The zero-order chi connectivity index (χ0) is 11.6. The highest BCUT2D eigenvalue weighted by Crippen LogP contribution is 2.52. The minimum atomic E-state index is -2.48. The summed E-state index contributed by atoms with van der Waals surface area (Å²) >= 11 is 0. The van der Waals surface area contributed by atoms with Crippen molar-refractivity contribution in [3.8, 4) is 0 Å². The van der Waals surface area contributed by atoms with E-state index in [0.717, 1.165) is 6.42 Å². The van der Waals surface area contributed by atoms with Gasteiger partial charge in [0.25, 0.3) is 6.43 Å². The number of amides is 1. The zero-order valence-corrected chi connectivity index (χ0v) is 9.17. The molecule has 1 atom stereocenters. The van der Waals surface area contributed by atoms with Crippen LogP contribution in [0.5, 0.6) is 0 Å². The first-order valence-corrected chi connectivity index (χ1v) is 5.15. The molecule has 1 saturated carbocycles. The van der Waals surface area contributed by atoms with Crippen LogP contribution in [0.1, 0.15) is 20.3 Å². The molecule has 0 radical (unpaired) electrons. The van der Waals surface area contributed by atoms with Crippen LogP contribution < -0.4 is 5.73 Å². The number of nitrogens with zero attached hydrogens (tertiary/aromatic N) is 1. The summed E-state index contributed by atoms with van der Waals surface area (Å²) in [5.74, 6) is -0.270. The van der Waals surface area contributed by atoms with E-state index in [9.17, 15) is 13.6 Å². The smallest absolute Gasteiger partial charge is 0.255 e. The quantitative estimate of drug-likeness (QED) is 0.753. The van der Waals surface area contributed by atoms with Gasteiger partial charge in [0.2, 0.25) is 5.91 Å². The van der Waals surface area contributed by atoms with Crippen molar-refractivity contribution < 1.29 is 13.6 Å². The van der Waals surface area contributed by atoms with Gasteiger partial charge in [0.15, 0.2) is 0 Å². The Bertz CT molecular complexity index is 244. The lowest BCUT2D eigenvalue weighted by Crippen LogP contribution is -2.40. The molecule has 0 aliphatic heterocycles. The van der Waals surface area contributed by atoms with E-state index in [1.54, 1.807) is 0 Å². The summed E-state index contributed by atoms with van der Waals surface area (Å²) in [7, 11) is 0. The normalized spacial score (nSPS) is 22.9. The molecule has 3 nitrogen and oxygen atoms in total. The van der Waals surface area contributed by atoms with Crippen LogP contribution in [-0.2, 0) is 4.79 Å². The van der Waals surface area contributed by atoms with Crippen molar-refractivity contribution in [2.75, 3.05) is 19.6 Å². The predicted octanol–water partition coefficient (Wildman–Crippen LogP) is 1.08. The summed E-state index contributed by atoms with van der Waals surface area (Å²) in [6, 6.07) is 0. The fraction of sp³-hybridized carbons (Fsp3) is 0.900. The van der Waals surface area contributed by atoms with Crippen molar-refractivity contribution in [2.45, 2.75) is 26.7 Å². The van der Waals surface area contributed by atoms with Gasteiger partial charge in [0, 0.05) is 19.0 Å². The molecule has 1 rings (SSSR count). The monoisotopic (exact) mass is 220 g/mol. The van der Waals surface area contributed by atoms with E-state index >= 15 is 0 Å². The number of carbonyl (C=O) groups is 1. The molecule has 1 unspecified atom stereocenters. The molecule has 15 heavy (non-hydrogen) atoms. The van der Waals surface area contributed by atoms with Gasteiger partial charge in [-0.2, -0.15) is 0 Å². The number of halogens is 2. The summed E-state index contributed by atoms with van der Waals surface area (Å²) < 4.78 is 24.4. The van der Waals surface area contributed by atoms with E-state index in [0.29, 0.717) is 0 Å². The van der Waals surface area contributed by atoms with E-state index in [-0.39, 0.29) is 30.3 Å². The maximum Gasteiger partial charge on any atom is 0.255 e. The second kappa shape index (κ2) is 4.43. The van der Waals surface area contributed by atoms with Gasteiger partial charge in [0.1, 0.15) is 0 Å². The third-order valence-corrected chi connectivity index (χ3v) is 2.88. The fourth-order valence-corrected chi connectivity index (χ4v) is 1.72. The molecule has 1 aliphatic carbocycles. The Morgan fingerprint density at radius 2 is 2.13 bits per heavy atom. The first kappa shape index (κ1) is 12.4. The van der Waals surface area contributed by atoms with Gasteiger partial charge in [-0.05, 0) is 11.8 Å². The van der Waals surface area contributed by atoms with Crippen LogP contribution in [0.15, 0.2) is 0 Å². The molecule has 0 heterocycles. The van der Waals surface area contributed by atoms with Gasteiger partial charge in [-0.1, -0.05) is 13.8 Å². The van der Waals surface area contributed by atoms with Crippen molar-refractivity contribution in [3.05, 3.63) is 0 Å². The average molecular weight is 220 g/mol. The highest BCUT2D eigenvalue weighted by Gasteiger charge is 2.51. The molecule has 0 aromatic rings. The van der Waals surface area contributed by atoms with E-state index in [1.165, 1.54) is 4.90 Å². The molecule has 0 spiro atoms. The molecule has 88 valence electrons. The van der Waals surface area contributed by atoms with Crippen molar-refractivity contribution in [3.63, 3.8) is 0 Å². The van der Waals surface area contributed by atoms with Crippen LogP contribution in [0, 0.1) is 11.3 Å². The molecule has 1 fully saturated rings. The summed E-state index contributed by atoms with van der Waals surface area (Å²) in [6.45, 7) is 3.89. The molecule has 0 saturated heterocycles. The molecule has 1 amide bonds. The Labute approximate surface area is 88.6 Å². The van der Waals surface area contributed by atoms with Gasteiger partial charge in [-0.25, -0.2) is 8.78 Å². The molecule has 0 aromatic heterocycles. The fourth-order valence-electron chi connectivity index (χ4n) is 1.72. The van der Waals surface area contributed by atoms with E-state index in [2.05, 4.69) is 0 Å². The van der Waals surface area contributed by atoms with Crippen LogP contribution in [0.25, 0.3) is 0 Å². The minimum Gasteiger partial charge on any atom is -0.335 e. The zero-order valence-electron chi connectivity index (χ0n) is 9.17. The lowest BCUT2D eigenvalue weighted by molar-refractivity contribution is -0.135. The molecule has 0 aromatic carbocycles. The highest BCUT2D eigenvalue weighted by atomic mass is 19.3. The van der Waals surface area contributed by atoms with Gasteiger partial charge >= 0.3 is 0 Å². The predicted molar refractivity (Wildman–Crippen MR) is 53.5 cm³/mol. The Morgan fingerprint density at radius 1 is 1.60 bits per heavy atom. The number of hydrogen-bond acceptors (Lipinski definition) is 2. The van der Waals surface area contributed by atoms with E-state index in [4.69, 9.17) is 5.73 Å². The van der Waals surface area contributed by atoms with Gasteiger partial charge < -0.3 is 10.6 Å². The lowest BCUT2D eigenvalue weighted by atomic mass is 10.1. The van der Waals surface area contributed by atoms with Crippen molar-refractivity contribution in [2.24, 2.45) is 17.1 Å². The second-order valence-electron chi connectivity index (χ2n) is 4.71. The maximum atomic E-state index is 12.2. The SMILES string of the molecule is CC1(C)CC1C(=O)N(CCN)CC(F)F. The number of alkyl halides is 2. The van der Waals surface area contributed by atoms with Gasteiger partial charge in [-0.3, -0.25) is 4.79 Å². The Morgan fingerprint density at radius 3 is 2.47 bits per heavy atom. The molecule has 5 heteroatoms. The molecular weight excluding hydrogens is 202 g/mol. The average Bonchev–Trinajstić information content (AvgIpc) is 2.72. The summed E-state index contributed by atoms with van der Waals surface area (Å²) in [4.78, 5) is 13.0. The lowest BCUT2D eigenvalue weighted by Gasteiger charge is -2.22. The Balaban J connectivity index is 2.52. The van der Waals surface area contributed by atoms with Gasteiger partial charge in [-0.15, -0.1) is 0 Å². The Kier molecular flexibility index (Phi) is 3.65. The van der Waals surface area contributed by atoms with Crippen LogP contribution >= 0.6 is 0 Å². The summed E-state index contributed by atoms with van der Waals surface area (Å²) in [5.41, 5.74) is 5.27. The van der Waals surface area contributed by atoms with Crippen LogP contribution in [0.3, 0.4) is 0 Å². The summed E-state index contributed by atoms with van der Waals surface area (Å²) in [5, 5.41) is 0. The Hall–Kier alpha value is -0.710. The standard InChI is InChI=1S/C10H18F2N2O/c1-10(2)5-7(10)9(15)14(4-3-13)6-8(11)12/h7-8H,3-6,13H2,1-2H3. The molecule has 1 aliphatic rings. The van der Waals surface area contributed by atoms with Crippen molar-refractivity contribution in [1.29, 1.82) is 0 Å². The number of rotatable bonds is 5. The van der Waals surface area contributed by atoms with Crippen LogP contribution in [-0.4, -0.2) is 36.9 Å². The molecule has 2 N–H and O–H groups in total. The number of nitrogens with two attached hydrogens (primary N) is 1. The van der Waals surface area contributed by atoms with E-state index in [1.807, 2.05) is 13.8 Å². The van der Waals surface area contributed by atoms with Gasteiger partial charge in [0.05, 0.1) is 6.54 Å². The topological polar surface area (TPSA) is 46.3 Å². The first-order chi connectivity index (χ1) is 6.88. The molecular formula is C10H18F2N2O. The third kappa shape index (κ3) is 3.12. The number of hydrogen-bond donors (Lipinski definition) is 1. The number of carbonyl (C=O) groups excluding carboxylic acids is 1. The first-order valence-electron chi connectivity index (χ1n) is 5.15. The third-order valence-electron chi connectivity index (χ3n) is 2.88. The maximum absolute atomic E-state index is 12.2. The summed E-state index contributed by atoms with van der Waals surface area (Å²) in [6.07, 6.45) is -1.70. The largest absolute Gasteiger partial charge is 0.335 e. The van der Waals surface area contributed by atoms with Crippen LogP contribution in [0.2, 0.25) is 0 Å². The highest BCUT2D eigenvalue weighted by molar-refractivity contribution is 5.82. The van der Waals surface area contributed by atoms with Crippen molar-refractivity contribution in [1.82, 2.24) is 4.90 Å². The van der Waals surface area contributed by atoms with Crippen molar-refractivity contribution >= 4 is 5.91 Å². The van der Waals surface area contributed by atoms with E-state index < -0.39 is 13.0 Å². The molecule has 0 bridgehead atoms.